The first-order valence-corrected chi connectivity index (χ1v) is 8.82. The molecule has 0 saturated heterocycles. The summed E-state index contributed by atoms with van der Waals surface area (Å²) in [4.78, 5) is 18.0. The molecule has 0 aliphatic carbocycles. The first kappa shape index (κ1) is 18.0. The van der Waals surface area contributed by atoms with E-state index >= 15 is 0 Å². The number of fused-ring (bicyclic) bond motifs is 1. The van der Waals surface area contributed by atoms with E-state index in [1.807, 2.05) is 58.9 Å². The maximum atomic E-state index is 13.3. The van der Waals surface area contributed by atoms with Crippen LogP contribution in [0.2, 0.25) is 0 Å². The summed E-state index contributed by atoms with van der Waals surface area (Å²) in [6, 6.07) is 10.9. The van der Waals surface area contributed by atoms with Crippen LogP contribution >= 0.6 is 0 Å². The molecule has 1 aromatic heterocycles. The number of aromatic hydroxyl groups is 1. The van der Waals surface area contributed by atoms with Crippen molar-refractivity contribution >= 4 is 10.9 Å². The van der Waals surface area contributed by atoms with Crippen molar-refractivity contribution in [2.24, 2.45) is 0 Å². The van der Waals surface area contributed by atoms with Crippen molar-refractivity contribution in [3.05, 3.63) is 58.1 Å². The number of rotatable bonds is 4. The second-order valence-electron chi connectivity index (χ2n) is 7.08. The van der Waals surface area contributed by atoms with E-state index in [4.69, 9.17) is 9.72 Å². The highest BCUT2D eigenvalue weighted by atomic mass is 16.5. The molecule has 0 spiro atoms. The Labute approximate surface area is 152 Å². The first-order valence-electron chi connectivity index (χ1n) is 8.82. The smallest absolute Gasteiger partial charge is 0.266 e. The lowest BCUT2D eigenvalue weighted by Gasteiger charge is -2.18. The predicted molar refractivity (Wildman–Crippen MR) is 104 cm³/mol. The number of hydrogen-bond donors (Lipinski definition) is 1. The lowest BCUT2D eigenvalue weighted by molar-refractivity contribution is 0.234. The van der Waals surface area contributed by atoms with Crippen molar-refractivity contribution in [1.29, 1.82) is 0 Å². The van der Waals surface area contributed by atoms with E-state index in [0.717, 1.165) is 11.3 Å². The molecule has 136 valence electrons. The summed E-state index contributed by atoms with van der Waals surface area (Å²) in [7, 11) is 0. The molecule has 0 fully saturated rings. The molecule has 0 aliphatic rings. The summed E-state index contributed by atoms with van der Waals surface area (Å²) >= 11 is 0. The van der Waals surface area contributed by atoms with Gasteiger partial charge in [-0.2, -0.15) is 0 Å². The van der Waals surface area contributed by atoms with E-state index in [1.165, 1.54) is 6.07 Å². The molecule has 2 aromatic carbocycles. The van der Waals surface area contributed by atoms with Gasteiger partial charge in [0.1, 0.15) is 11.3 Å². The van der Waals surface area contributed by atoms with Crippen LogP contribution < -0.4 is 10.3 Å². The molecule has 0 aliphatic heterocycles. The van der Waals surface area contributed by atoms with Gasteiger partial charge in [0, 0.05) is 5.92 Å². The molecule has 0 radical (unpaired) electrons. The van der Waals surface area contributed by atoms with Gasteiger partial charge >= 0.3 is 0 Å². The SMILES string of the molecule is Cc1ccc(-n2c(C(C)C)nc3c(OC(C)C)c(O)ccc3c2=O)cc1. The van der Waals surface area contributed by atoms with Crippen LogP contribution in [-0.2, 0) is 0 Å². The van der Waals surface area contributed by atoms with Gasteiger partial charge < -0.3 is 9.84 Å². The molecule has 1 heterocycles. The Morgan fingerprint density at radius 2 is 1.69 bits per heavy atom. The number of ether oxygens (including phenoxy) is 1. The van der Waals surface area contributed by atoms with Crippen molar-refractivity contribution in [3.8, 4) is 17.2 Å². The zero-order chi connectivity index (χ0) is 19.0. The molecule has 26 heavy (non-hydrogen) atoms. The minimum Gasteiger partial charge on any atom is -0.504 e. The number of aromatic nitrogens is 2. The Kier molecular flexibility index (Phi) is 4.72. The largest absolute Gasteiger partial charge is 0.504 e. The fourth-order valence-corrected chi connectivity index (χ4v) is 2.92. The molecule has 0 saturated carbocycles. The highest BCUT2D eigenvalue weighted by molar-refractivity contribution is 5.86. The minimum atomic E-state index is -0.170. The molecule has 5 heteroatoms. The van der Waals surface area contributed by atoms with Crippen LogP contribution in [-0.4, -0.2) is 20.8 Å². The fourth-order valence-electron chi connectivity index (χ4n) is 2.92. The summed E-state index contributed by atoms with van der Waals surface area (Å²) in [5.74, 6) is 0.890. The van der Waals surface area contributed by atoms with Crippen LogP contribution in [0.15, 0.2) is 41.2 Å². The van der Waals surface area contributed by atoms with Gasteiger partial charge in [-0.05, 0) is 45.0 Å². The Morgan fingerprint density at radius 3 is 2.27 bits per heavy atom. The van der Waals surface area contributed by atoms with Gasteiger partial charge in [0.25, 0.3) is 5.56 Å². The molecular formula is C21H24N2O3. The van der Waals surface area contributed by atoms with Gasteiger partial charge in [0.2, 0.25) is 0 Å². The van der Waals surface area contributed by atoms with Crippen LogP contribution in [0.3, 0.4) is 0 Å². The maximum Gasteiger partial charge on any atom is 0.266 e. The standard InChI is InChI=1S/C21H24N2O3/c1-12(2)20-22-18-16(10-11-17(24)19(18)26-13(3)4)21(25)23(20)15-8-6-14(5)7-9-15/h6-13,24H,1-5H3. The van der Waals surface area contributed by atoms with Crippen LogP contribution in [0.25, 0.3) is 16.6 Å². The molecule has 0 unspecified atom stereocenters. The third-order valence-corrected chi connectivity index (χ3v) is 4.16. The highest BCUT2D eigenvalue weighted by Crippen LogP contribution is 2.34. The maximum absolute atomic E-state index is 13.3. The number of benzene rings is 2. The van der Waals surface area contributed by atoms with E-state index in [-0.39, 0.29) is 29.1 Å². The Balaban J connectivity index is 2.38. The van der Waals surface area contributed by atoms with E-state index in [9.17, 15) is 9.90 Å². The molecular weight excluding hydrogens is 328 g/mol. The molecule has 0 atom stereocenters. The third kappa shape index (κ3) is 3.17. The molecule has 1 N–H and O–H groups in total. The van der Waals surface area contributed by atoms with Crippen molar-refractivity contribution in [3.63, 3.8) is 0 Å². The molecule has 3 rings (SSSR count). The van der Waals surface area contributed by atoms with Crippen molar-refractivity contribution in [2.45, 2.75) is 46.6 Å². The van der Waals surface area contributed by atoms with Crippen molar-refractivity contribution in [1.82, 2.24) is 9.55 Å². The van der Waals surface area contributed by atoms with E-state index in [0.29, 0.717) is 16.7 Å². The van der Waals surface area contributed by atoms with E-state index < -0.39 is 0 Å². The van der Waals surface area contributed by atoms with Gasteiger partial charge in [0.15, 0.2) is 11.5 Å². The lowest BCUT2D eigenvalue weighted by atomic mass is 10.1. The average Bonchev–Trinajstić information content (AvgIpc) is 2.58. The third-order valence-electron chi connectivity index (χ3n) is 4.16. The zero-order valence-corrected chi connectivity index (χ0v) is 15.8. The van der Waals surface area contributed by atoms with Gasteiger partial charge in [0.05, 0.1) is 17.2 Å². The van der Waals surface area contributed by atoms with Crippen LogP contribution in [0.5, 0.6) is 11.5 Å². The normalized spacial score (nSPS) is 11.5. The topological polar surface area (TPSA) is 64.3 Å². The quantitative estimate of drug-likeness (QED) is 0.760. The Bertz CT molecular complexity index is 1000. The number of nitrogens with zero attached hydrogens (tertiary/aromatic N) is 2. The van der Waals surface area contributed by atoms with Crippen LogP contribution in [0, 0.1) is 6.92 Å². The predicted octanol–water partition coefficient (Wildman–Crippen LogP) is 4.31. The minimum absolute atomic E-state index is 0.0131. The van der Waals surface area contributed by atoms with Crippen molar-refractivity contribution in [2.75, 3.05) is 0 Å². The summed E-state index contributed by atoms with van der Waals surface area (Å²) in [6.07, 6.45) is -0.143. The molecule has 3 aromatic rings. The number of phenolic OH excluding ortho intramolecular Hbond substituents is 1. The number of aryl methyl sites for hydroxylation is 1. The van der Waals surface area contributed by atoms with Gasteiger partial charge in [-0.25, -0.2) is 4.98 Å². The summed E-state index contributed by atoms with van der Waals surface area (Å²) in [5, 5.41) is 10.6. The fraction of sp³-hybridized carbons (Fsp3) is 0.333. The zero-order valence-electron chi connectivity index (χ0n) is 15.8. The summed E-state index contributed by atoms with van der Waals surface area (Å²) < 4.78 is 7.39. The van der Waals surface area contributed by atoms with Gasteiger partial charge in [-0.1, -0.05) is 31.5 Å². The second kappa shape index (κ2) is 6.83. The Hall–Kier alpha value is -2.82. The van der Waals surface area contributed by atoms with Gasteiger partial charge in [-0.3, -0.25) is 9.36 Å². The Morgan fingerprint density at radius 1 is 1.04 bits per heavy atom. The van der Waals surface area contributed by atoms with Crippen molar-refractivity contribution < 1.29 is 9.84 Å². The average molecular weight is 352 g/mol. The first-order chi connectivity index (χ1) is 12.3. The van der Waals surface area contributed by atoms with E-state index in [1.54, 1.807) is 10.6 Å². The van der Waals surface area contributed by atoms with Gasteiger partial charge in [-0.15, -0.1) is 0 Å². The monoisotopic (exact) mass is 352 g/mol. The summed E-state index contributed by atoms with van der Waals surface area (Å²) in [5.41, 5.74) is 2.13. The second-order valence-corrected chi connectivity index (χ2v) is 7.08. The molecule has 5 nitrogen and oxygen atoms in total. The lowest BCUT2D eigenvalue weighted by Crippen LogP contribution is -2.25. The number of hydrogen-bond acceptors (Lipinski definition) is 4. The highest BCUT2D eigenvalue weighted by Gasteiger charge is 2.20. The summed E-state index contributed by atoms with van der Waals surface area (Å²) in [6.45, 7) is 9.73. The molecule has 0 amide bonds. The van der Waals surface area contributed by atoms with Crippen LogP contribution in [0.1, 0.15) is 45.0 Å². The number of phenols is 1. The molecule has 0 bridgehead atoms. The van der Waals surface area contributed by atoms with Crippen LogP contribution in [0.4, 0.5) is 0 Å². The van der Waals surface area contributed by atoms with E-state index in [2.05, 4.69) is 0 Å².